The zero-order valence-corrected chi connectivity index (χ0v) is 9.65. The summed E-state index contributed by atoms with van der Waals surface area (Å²) in [4.78, 5) is -0.328. The van der Waals surface area contributed by atoms with Crippen molar-refractivity contribution in [1.82, 2.24) is 0 Å². The number of rotatable bonds is 2. The monoisotopic (exact) mass is 216 g/mol. The highest BCUT2D eigenvalue weighted by Crippen LogP contribution is 2.36. The lowest BCUT2D eigenvalue weighted by Gasteiger charge is -2.27. The Morgan fingerprint density at radius 2 is 1.92 bits per heavy atom. The maximum absolute atomic E-state index is 6.41. The Morgan fingerprint density at radius 3 is 2.38 bits per heavy atom. The first kappa shape index (κ1) is 10.9. The summed E-state index contributed by atoms with van der Waals surface area (Å²) in [7, 11) is 0. The maximum atomic E-state index is 6.41. The highest BCUT2D eigenvalue weighted by molar-refractivity contribution is 6.31. The van der Waals surface area contributed by atoms with Gasteiger partial charge in [0, 0.05) is 5.02 Å². The second kappa shape index (κ2) is 3.89. The third-order valence-corrected chi connectivity index (χ3v) is 3.36. The lowest BCUT2D eigenvalue weighted by Crippen LogP contribution is -2.21. The average molecular weight is 217 g/mol. The van der Waals surface area contributed by atoms with Gasteiger partial charge in [0.05, 0.1) is 4.87 Å². The van der Waals surface area contributed by atoms with Crippen LogP contribution in [0.1, 0.15) is 26.3 Å². The fourth-order valence-corrected chi connectivity index (χ4v) is 1.43. The third kappa shape index (κ3) is 2.38. The summed E-state index contributed by atoms with van der Waals surface area (Å²) in [5.41, 5.74) is 1.08. The molecule has 1 rings (SSSR count). The Balaban J connectivity index is 3.07. The molecule has 0 aliphatic heterocycles. The first-order chi connectivity index (χ1) is 5.94. The fraction of sp³-hybridized carbons (Fsp3) is 0.455. The number of alkyl halides is 1. The zero-order chi connectivity index (χ0) is 10.1. The minimum atomic E-state index is -0.328. The van der Waals surface area contributed by atoms with Gasteiger partial charge in [0.1, 0.15) is 0 Å². The molecule has 13 heavy (non-hydrogen) atoms. The summed E-state index contributed by atoms with van der Waals surface area (Å²) in [6.07, 6.45) is 0. The first-order valence-electron chi connectivity index (χ1n) is 4.39. The summed E-state index contributed by atoms with van der Waals surface area (Å²) in [6, 6.07) is 7.73. The molecule has 0 aromatic heterocycles. The maximum Gasteiger partial charge on any atom is 0.0690 e. The van der Waals surface area contributed by atoms with Crippen molar-refractivity contribution in [2.45, 2.75) is 25.6 Å². The van der Waals surface area contributed by atoms with Crippen molar-refractivity contribution < 1.29 is 0 Å². The molecule has 0 fully saturated rings. The molecule has 0 radical (unpaired) electrons. The minimum absolute atomic E-state index is 0.328. The molecule has 0 aliphatic rings. The molecule has 0 saturated carbocycles. The van der Waals surface area contributed by atoms with E-state index >= 15 is 0 Å². The normalized spacial score (nSPS) is 15.8. The van der Waals surface area contributed by atoms with Gasteiger partial charge in [0.25, 0.3) is 0 Å². The molecule has 1 aromatic carbocycles. The van der Waals surface area contributed by atoms with Gasteiger partial charge < -0.3 is 0 Å². The van der Waals surface area contributed by atoms with Crippen LogP contribution in [0.25, 0.3) is 0 Å². The Kier molecular flexibility index (Phi) is 3.26. The van der Waals surface area contributed by atoms with Gasteiger partial charge in [-0.15, -0.1) is 11.6 Å². The third-order valence-electron chi connectivity index (χ3n) is 2.47. The molecule has 1 unspecified atom stereocenters. The van der Waals surface area contributed by atoms with Crippen LogP contribution in [0.5, 0.6) is 0 Å². The van der Waals surface area contributed by atoms with Crippen molar-refractivity contribution in [1.29, 1.82) is 0 Å². The van der Waals surface area contributed by atoms with Crippen LogP contribution in [0, 0.1) is 5.92 Å². The minimum Gasteiger partial charge on any atom is -0.114 e. The summed E-state index contributed by atoms with van der Waals surface area (Å²) in [5, 5.41) is 0.741. The van der Waals surface area contributed by atoms with Crippen molar-refractivity contribution in [2.75, 3.05) is 0 Å². The molecular formula is C11H14Cl2. The van der Waals surface area contributed by atoms with Crippen LogP contribution in [-0.4, -0.2) is 0 Å². The van der Waals surface area contributed by atoms with Crippen LogP contribution < -0.4 is 0 Å². The van der Waals surface area contributed by atoms with Gasteiger partial charge in [0.15, 0.2) is 0 Å². The van der Waals surface area contributed by atoms with Crippen molar-refractivity contribution in [2.24, 2.45) is 5.92 Å². The molecule has 0 heterocycles. The number of benzene rings is 1. The van der Waals surface area contributed by atoms with Crippen molar-refractivity contribution in [3.05, 3.63) is 34.9 Å². The number of hydrogen-bond acceptors (Lipinski definition) is 0. The Morgan fingerprint density at radius 1 is 1.31 bits per heavy atom. The standard InChI is InChI=1S/C11H14Cl2/c1-8(2)11(3,13)9-5-4-6-10(12)7-9/h4-8H,1-3H3. The first-order valence-corrected chi connectivity index (χ1v) is 5.15. The largest absolute Gasteiger partial charge is 0.114 e. The van der Waals surface area contributed by atoms with E-state index in [1.165, 1.54) is 0 Å². The average Bonchev–Trinajstić information content (AvgIpc) is 2.04. The number of halogens is 2. The van der Waals surface area contributed by atoms with Gasteiger partial charge >= 0.3 is 0 Å². The van der Waals surface area contributed by atoms with E-state index in [2.05, 4.69) is 13.8 Å². The van der Waals surface area contributed by atoms with Gasteiger partial charge in [0.2, 0.25) is 0 Å². The second-order valence-corrected chi connectivity index (χ2v) is 4.96. The second-order valence-electron chi connectivity index (χ2n) is 3.74. The van der Waals surface area contributed by atoms with E-state index < -0.39 is 0 Å². The molecule has 0 saturated heterocycles. The van der Waals surface area contributed by atoms with E-state index in [9.17, 15) is 0 Å². The predicted molar refractivity (Wildman–Crippen MR) is 59.5 cm³/mol. The SMILES string of the molecule is CC(C)C(C)(Cl)c1cccc(Cl)c1. The molecule has 0 amide bonds. The fourth-order valence-electron chi connectivity index (χ4n) is 1.13. The number of hydrogen-bond donors (Lipinski definition) is 0. The molecule has 1 atom stereocenters. The van der Waals surface area contributed by atoms with Crippen LogP contribution in [0.15, 0.2) is 24.3 Å². The molecule has 0 nitrogen and oxygen atoms in total. The van der Waals surface area contributed by atoms with Gasteiger partial charge in [-0.2, -0.15) is 0 Å². The van der Waals surface area contributed by atoms with Gasteiger partial charge in [-0.3, -0.25) is 0 Å². The smallest absolute Gasteiger partial charge is 0.0690 e. The van der Waals surface area contributed by atoms with Gasteiger partial charge in [-0.25, -0.2) is 0 Å². The summed E-state index contributed by atoms with van der Waals surface area (Å²) < 4.78 is 0. The summed E-state index contributed by atoms with van der Waals surface area (Å²) in [5.74, 6) is 0.382. The van der Waals surface area contributed by atoms with E-state index in [1.54, 1.807) is 0 Å². The molecule has 0 bridgehead atoms. The molecule has 0 spiro atoms. The molecule has 2 heteroatoms. The van der Waals surface area contributed by atoms with Crippen molar-refractivity contribution >= 4 is 23.2 Å². The highest BCUT2D eigenvalue weighted by atomic mass is 35.5. The lowest BCUT2D eigenvalue weighted by molar-refractivity contribution is 0.475. The zero-order valence-electron chi connectivity index (χ0n) is 8.14. The topological polar surface area (TPSA) is 0 Å². The predicted octanol–water partition coefficient (Wildman–Crippen LogP) is 4.45. The van der Waals surface area contributed by atoms with E-state index in [1.807, 2.05) is 31.2 Å². The molecular weight excluding hydrogens is 203 g/mol. The quantitative estimate of drug-likeness (QED) is 0.642. The Hall–Kier alpha value is -0.200. The van der Waals surface area contributed by atoms with Gasteiger partial charge in [-0.1, -0.05) is 37.6 Å². The van der Waals surface area contributed by atoms with E-state index in [-0.39, 0.29) is 4.87 Å². The summed E-state index contributed by atoms with van der Waals surface area (Å²) in [6.45, 7) is 6.23. The Bertz CT molecular complexity index is 290. The van der Waals surface area contributed by atoms with E-state index in [0.29, 0.717) is 5.92 Å². The lowest BCUT2D eigenvalue weighted by atomic mass is 9.89. The Labute approximate surface area is 89.9 Å². The van der Waals surface area contributed by atoms with Crippen LogP contribution in [0.2, 0.25) is 5.02 Å². The van der Waals surface area contributed by atoms with E-state index in [0.717, 1.165) is 10.6 Å². The van der Waals surface area contributed by atoms with Crippen molar-refractivity contribution in [3.63, 3.8) is 0 Å². The highest BCUT2D eigenvalue weighted by Gasteiger charge is 2.27. The summed E-state index contributed by atoms with van der Waals surface area (Å²) >= 11 is 12.3. The van der Waals surface area contributed by atoms with Crippen LogP contribution in [-0.2, 0) is 4.87 Å². The molecule has 0 N–H and O–H groups in total. The van der Waals surface area contributed by atoms with Crippen LogP contribution >= 0.6 is 23.2 Å². The van der Waals surface area contributed by atoms with Crippen LogP contribution in [0.3, 0.4) is 0 Å². The van der Waals surface area contributed by atoms with Crippen LogP contribution in [0.4, 0.5) is 0 Å². The van der Waals surface area contributed by atoms with E-state index in [4.69, 9.17) is 23.2 Å². The molecule has 1 aromatic rings. The van der Waals surface area contributed by atoms with Gasteiger partial charge in [-0.05, 0) is 30.5 Å². The molecule has 72 valence electrons. The molecule has 0 aliphatic carbocycles. The van der Waals surface area contributed by atoms with Crippen molar-refractivity contribution in [3.8, 4) is 0 Å².